The lowest BCUT2D eigenvalue weighted by molar-refractivity contribution is -0.122. The second kappa shape index (κ2) is 9.29. The van der Waals surface area contributed by atoms with Gasteiger partial charge in [-0.25, -0.2) is 13.3 Å². The third-order valence-corrected chi connectivity index (χ3v) is 7.78. The Morgan fingerprint density at radius 2 is 1.42 bits per heavy atom. The first kappa shape index (κ1) is 22.9. The smallest absolute Gasteiger partial charge is 0.252 e. The first-order chi connectivity index (χ1) is 15.8. The molecule has 3 aromatic rings. The van der Waals surface area contributed by atoms with Crippen LogP contribution in [0.15, 0.2) is 83.8 Å². The minimum Gasteiger partial charge on any atom is -0.274 e. The summed E-state index contributed by atoms with van der Waals surface area (Å²) in [4.78, 5) is 27.4. The van der Waals surface area contributed by atoms with Crippen LogP contribution < -0.4 is 4.90 Å². The fraction of sp³-hybridized carbons (Fsp3) is 0.231. The van der Waals surface area contributed by atoms with Crippen LogP contribution in [0.2, 0.25) is 0 Å². The van der Waals surface area contributed by atoms with Crippen molar-refractivity contribution >= 4 is 27.5 Å². The van der Waals surface area contributed by atoms with E-state index in [9.17, 15) is 18.0 Å². The van der Waals surface area contributed by atoms with E-state index in [4.69, 9.17) is 0 Å². The van der Waals surface area contributed by atoms with Gasteiger partial charge in [0.05, 0.1) is 17.0 Å². The van der Waals surface area contributed by atoms with Crippen LogP contribution >= 0.6 is 0 Å². The Bertz CT molecular complexity index is 1250. The summed E-state index contributed by atoms with van der Waals surface area (Å²) in [7, 11) is -4.01. The van der Waals surface area contributed by atoms with E-state index in [1.54, 1.807) is 36.4 Å². The SMILES string of the molecule is Cc1ccc(N2C(=O)CC(N(CCc3ccccc3)S(=O)(=O)c3ccc(C)cc3)C2=O)cc1. The van der Waals surface area contributed by atoms with Gasteiger partial charge < -0.3 is 0 Å². The summed E-state index contributed by atoms with van der Waals surface area (Å²) in [5, 5.41) is 0. The van der Waals surface area contributed by atoms with Crippen molar-refractivity contribution in [3.8, 4) is 0 Å². The zero-order valence-electron chi connectivity index (χ0n) is 18.6. The topological polar surface area (TPSA) is 74.8 Å². The summed E-state index contributed by atoms with van der Waals surface area (Å²) in [6.07, 6.45) is 0.237. The first-order valence-corrected chi connectivity index (χ1v) is 12.3. The van der Waals surface area contributed by atoms with Gasteiger partial charge in [-0.3, -0.25) is 9.59 Å². The Labute approximate surface area is 194 Å². The molecule has 0 aromatic heterocycles. The van der Waals surface area contributed by atoms with Gasteiger partial charge in [0.15, 0.2) is 0 Å². The molecule has 0 spiro atoms. The molecule has 0 bridgehead atoms. The summed E-state index contributed by atoms with van der Waals surface area (Å²) in [6, 6.07) is 22.0. The molecule has 0 radical (unpaired) electrons. The molecular formula is C26H26N2O4S. The van der Waals surface area contributed by atoms with E-state index in [-0.39, 0.29) is 17.9 Å². The Morgan fingerprint density at radius 1 is 0.848 bits per heavy atom. The molecule has 0 saturated carbocycles. The second-order valence-corrected chi connectivity index (χ2v) is 10.2. The lowest BCUT2D eigenvalue weighted by Gasteiger charge is -2.27. The summed E-state index contributed by atoms with van der Waals surface area (Å²) in [5.74, 6) is -0.926. The van der Waals surface area contributed by atoms with Crippen molar-refractivity contribution in [3.63, 3.8) is 0 Å². The van der Waals surface area contributed by atoms with Crippen LogP contribution in [0.3, 0.4) is 0 Å². The molecule has 33 heavy (non-hydrogen) atoms. The van der Waals surface area contributed by atoms with Crippen molar-refractivity contribution in [2.45, 2.75) is 37.6 Å². The van der Waals surface area contributed by atoms with Gasteiger partial charge in [0.25, 0.3) is 5.91 Å². The fourth-order valence-electron chi connectivity index (χ4n) is 3.98. The predicted molar refractivity (Wildman–Crippen MR) is 127 cm³/mol. The molecule has 2 amide bonds. The Kier molecular flexibility index (Phi) is 6.44. The Balaban J connectivity index is 1.69. The number of hydrogen-bond donors (Lipinski definition) is 0. The van der Waals surface area contributed by atoms with Crippen LogP contribution in [0.25, 0.3) is 0 Å². The number of hydrogen-bond acceptors (Lipinski definition) is 4. The van der Waals surface area contributed by atoms with E-state index in [0.29, 0.717) is 12.1 Å². The molecule has 0 aliphatic carbocycles. The molecule has 1 atom stereocenters. The number of aryl methyl sites for hydroxylation is 2. The molecule has 1 aliphatic rings. The van der Waals surface area contributed by atoms with E-state index in [2.05, 4.69) is 0 Å². The third-order valence-electron chi connectivity index (χ3n) is 5.85. The van der Waals surface area contributed by atoms with E-state index >= 15 is 0 Å². The van der Waals surface area contributed by atoms with Crippen molar-refractivity contribution in [2.24, 2.45) is 0 Å². The highest BCUT2D eigenvalue weighted by atomic mass is 32.2. The number of rotatable bonds is 7. The summed E-state index contributed by atoms with van der Waals surface area (Å²) in [6.45, 7) is 3.88. The maximum Gasteiger partial charge on any atom is 0.252 e. The maximum atomic E-state index is 13.6. The molecule has 7 heteroatoms. The van der Waals surface area contributed by atoms with Crippen molar-refractivity contribution in [3.05, 3.63) is 95.6 Å². The average Bonchev–Trinajstić information content (AvgIpc) is 3.09. The average molecular weight is 463 g/mol. The number of carbonyl (C=O) groups is 2. The molecule has 4 rings (SSSR count). The van der Waals surface area contributed by atoms with Crippen LogP contribution in [-0.4, -0.2) is 37.1 Å². The standard InChI is InChI=1S/C26H26N2O4S/c1-19-8-12-22(13-9-19)28-25(29)18-24(26(28)30)27(17-16-21-6-4-3-5-7-21)33(31,32)23-14-10-20(2)11-15-23/h3-15,24H,16-18H2,1-2H3. The van der Waals surface area contributed by atoms with Crippen molar-refractivity contribution < 1.29 is 18.0 Å². The van der Waals surface area contributed by atoms with Gasteiger partial charge >= 0.3 is 0 Å². The first-order valence-electron chi connectivity index (χ1n) is 10.8. The van der Waals surface area contributed by atoms with E-state index < -0.39 is 27.9 Å². The minimum atomic E-state index is -4.01. The van der Waals surface area contributed by atoms with Crippen LogP contribution in [0.5, 0.6) is 0 Å². The lowest BCUT2D eigenvalue weighted by Crippen LogP contribution is -2.46. The molecule has 1 saturated heterocycles. The van der Waals surface area contributed by atoms with Crippen molar-refractivity contribution in [1.82, 2.24) is 4.31 Å². The molecule has 3 aromatic carbocycles. The van der Waals surface area contributed by atoms with E-state index in [1.165, 1.54) is 4.31 Å². The van der Waals surface area contributed by atoms with Crippen molar-refractivity contribution in [1.29, 1.82) is 0 Å². The lowest BCUT2D eigenvalue weighted by atomic mass is 10.1. The Morgan fingerprint density at radius 3 is 2.03 bits per heavy atom. The largest absolute Gasteiger partial charge is 0.274 e. The maximum absolute atomic E-state index is 13.6. The van der Waals surface area contributed by atoms with Gasteiger partial charge in [0.2, 0.25) is 15.9 Å². The van der Waals surface area contributed by atoms with Crippen molar-refractivity contribution in [2.75, 3.05) is 11.4 Å². The summed E-state index contributed by atoms with van der Waals surface area (Å²) < 4.78 is 28.5. The number of carbonyl (C=O) groups excluding carboxylic acids is 2. The number of sulfonamides is 1. The predicted octanol–water partition coefficient (Wildman–Crippen LogP) is 3.87. The molecule has 0 N–H and O–H groups in total. The van der Waals surface area contributed by atoms with Gasteiger partial charge in [0, 0.05) is 6.54 Å². The van der Waals surface area contributed by atoms with Gasteiger partial charge in [-0.15, -0.1) is 0 Å². The van der Waals surface area contributed by atoms with Crippen LogP contribution in [0.1, 0.15) is 23.1 Å². The van der Waals surface area contributed by atoms with E-state index in [1.807, 2.05) is 56.3 Å². The van der Waals surface area contributed by atoms with Crippen LogP contribution in [-0.2, 0) is 26.0 Å². The summed E-state index contributed by atoms with van der Waals surface area (Å²) >= 11 is 0. The van der Waals surface area contributed by atoms with Gasteiger partial charge in [0.1, 0.15) is 6.04 Å². The van der Waals surface area contributed by atoms with Gasteiger partial charge in [-0.2, -0.15) is 4.31 Å². The molecule has 6 nitrogen and oxygen atoms in total. The van der Waals surface area contributed by atoms with E-state index in [0.717, 1.165) is 21.6 Å². The molecule has 1 fully saturated rings. The molecule has 170 valence electrons. The number of imide groups is 1. The number of nitrogens with zero attached hydrogens (tertiary/aromatic N) is 2. The molecule has 1 aliphatic heterocycles. The molecular weight excluding hydrogens is 436 g/mol. The summed E-state index contributed by atoms with van der Waals surface area (Å²) in [5.41, 5.74) is 3.34. The highest BCUT2D eigenvalue weighted by molar-refractivity contribution is 7.89. The third kappa shape index (κ3) is 4.74. The monoisotopic (exact) mass is 462 g/mol. The minimum absolute atomic E-state index is 0.0889. The fourth-order valence-corrected chi connectivity index (χ4v) is 5.56. The van der Waals surface area contributed by atoms with Crippen LogP contribution in [0, 0.1) is 13.8 Å². The number of amides is 2. The molecule has 1 heterocycles. The highest BCUT2D eigenvalue weighted by Crippen LogP contribution is 2.30. The molecule has 1 unspecified atom stereocenters. The van der Waals surface area contributed by atoms with Gasteiger partial charge in [-0.05, 0) is 50.1 Å². The Hall–Kier alpha value is -3.29. The van der Waals surface area contributed by atoms with Crippen LogP contribution in [0.4, 0.5) is 5.69 Å². The quantitative estimate of drug-likeness (QED) is 0.500. The zero-order chi connectivity index (χ0) is 23.6. The normalized spacial score (nSPS) is 16.6. The number of benzene rings is 3. The highest BCUT2D eigenvalue weighted by Gasteiger charge is 2.46. The second-order valence-electron chi connectivity index (χ2n) is 8.29. The zero-order valence-corrected chi connectivity index (χ0v) is 19.5. The van der Waals surface area contributed by atoms with Gasteiger partial charge in [-0.1, -0.05) is 65.7 Å². The number of anilines is 1.